The van der Waals surface area contributed by atoms with Crippen molar-refractivity contribution in [1.82, 2.24) is 25.6 Å². The predicted molar refractivity (Wildman–Crippen MR) is 98.4 cm³/mol. The van der Waals surface area contributed by atoms with Crippen LogP contribution in [0.15, 0.2) is 18.3 Å². The topological polar surface area (TPSA) is 99.5 Å². The van der Waals surface area contributed by atoms with Gasteiger partial charge in [-0.3, -0.25) is 4.79 Å². The van der Waals surface area contributed by atoms with Crippen LogP contribution in [0.25, 0.3) is 0 Å². The molecular formula is C18H25N5O4. The molecule has 146 valence electrons. The molecule has 3 rings (SSSR count). The molecule has 1 aliphatic rings. The first-order chi connectivity index (χ1) is 13.2. The average Bonchev–Trinajstić information content (AvgIpc) is 3.22. The van der Waals surface area contributed by atoms with E-state index in [0.717, 1.165) is 31.5 Å². The summed E-state index contributed by atoms with van der Waals surface area (Å²) in [7, 11) is 4.69. The van der Waals surface area contributed by atoms with Gasteiger partial charge in [0.2, 0.25) is 0 Å². The van der Waals surface area contributed by atoms with Crippen LogP contribution in [0.1, 0.15) is 34.9 Å². The average molecular weight is 375 g/mol. The van der Waals surface area contributed by atoms with Gasteiger partial charge in [-0.25, -0.2) is 4.68 Å². The van der Waals surface area contributed by atoms with Crippen LogP contribution in [0, 0.1) is 0 Å². The highest BCUT2D eigenvalue weighted by Crippen LogP contribution is 2.33. The van der Waals surface area contributed by atoms with Gasteiger partial charge in [0.05, 0.1) is 45.7 Å². The third-order valence-corrected chi connectivity index (χ3v) is 4.67. The van der Waals surface area contributed by atoms with Crippen molar-refractivity contribution < 1.29 is 19.0 Å². The number of rotatable bonds is 7. The molecule has 2 aromatic rings. The second-order valence-corrected chi connectivity index (χ2v) is 6.26. The highest BCUT2D eigenvalue weighted by Gasteiger charge is 2.20. The van der Waals surface area contributed by atoms with E-state index >= 15 is 0 Å². The minimum atomic E-state index is -0.296. The van der Waals surface area contributed by atoms with Crippen molar-refractivity contribution in [1.29, 1.82) is 0 Å². The van der Waals surface area contributed by atoms with E-state index in [-0.39, 0.29) is 18.5 Å². The molecule has 2 heterocycles. The van der Waals surface area contributed by atoms with E-state index in [2.05, 4.69) is 20.9 Å². The number of carbonyl (C=O) groups is 1. The minimum absolute atomic E-state index is 0.232. The van der Waals surface area contributed by atoms with Gasteiger partial charge in [0.1, 0.15) is 17.2 Å². The third-order valence-electron chi connectivity index (χ3n) is 4.67. The number of methoxy groups -OCH3 is 3. The normalized spacial score (nSPS) is 14.6. The van der Waals surface area contributed by atoms with Crippen molar-refractivity contribution in [2.75, 3.05) is 34.4 Å². The Morgan fingerprint density at radius 2 is 1.85 bits per heavy atom. The Bertz CT molecular complexity index is 761. The van der Waals surface area contributed by atoms with Crippen molar-refractivity contribution in [2.24, 2.45) is 0 Å². The van der Waals surface area contributed by atoms with E-state index in [9.17, 15) is 4.79 Å². The maximum absolute atomic E-state index is 12.5. The number of nitrogens with zero attached hydrogens (tertiary/aromatic N) is 3. The molecule has 0 unspecified atom stereocenters. The Morgan fingerprint density at radius 1 is 1.19 bits per heavy atom. The van der Waals surface area contributed by atoms with E-state index in [1.165, 1.54) is 0 Å². The summed E-state index contributed by atoms with van der Waals surface area (Å²) in [5.74, 6) is 1.47. The zero-order chi connectivity index (χ0) is 19.2. The molecule has 0 aliphatic carbocycles. The number of amides is 1. The summed E-state index contributed by atoms with van der Waals surface area (Å²) in [6, 6.07) is 3.77. The molecule has 9 nitrogen and oxygen atoms in total. The minimum Gasteiger partial charge on any atom is -0.496 e. The summed E-state index contributed by atoms with van der Waals surface area (Å²) < 4.78 is 17.8. The smallest absolute Gasteiger partial charge is 0.273 e. The summed E-state index contributed by atoms with van der Waals surface area (Å²) in [4.78, 5) is 12.5. The molecule has 1 fully saturated rings. The van der Waals surface area contributed by atoms with Gasteiger partial charge in [-0.2, -0.15) is 0 Å². The lowest BCUT2D eigenvalue weighted by atomic mass is 10.1. The van der Waals surface area contributed by atoms with Crippen LogP contribution in [0.2, 0.25) is 0 Å². The highest BCUT2D eigenvalue weighted by molar-refractivity contribution is 5.91. The van der Waals surface area contributed by atoms with Crippen LogP contribution in [0.3, 0.4) is 0 Å². The van der Waals surface area contributed by atoms with Crippen molar-refractivity contribution in [3.05, 3.63) is 29.6 Å². The standard InChI is InChI=1S/C18H25N5O4/c1-25-13-8-16(26-2)14(17(9-13)27-3)10-20-18(24)15-11-23(22-21-15)12-4-6-19-7-5-12/h8-9,11-12,19H,4-7,10H2,1-3H3,(H,20,24). The third kappa shape index (κ3) is 4.30. The molecular weight excluding hydrogens is 350 g/mol. The largest absolute Gasteiger partial charge is 0.496 e. The number of benzene rings is 1. The Morgan fingerprint density at radius 3 is 2.44 bits per heavy atom. The molecule has 1 aromatic heterocycles. The molecule has 1 saturated heterocycles. The molecule has 1 aliphatic heterocycles. The fraction of sp³-hybridized carbons (Fsp3) is 0.500. The summed E-state index contributed by atoms with van der Waals surface area (Å²) in [5.41, 5.74) is 1.01. The number of carbonyl (C=O) groups excluding carboxylic acids is 1. The summed E-state index contributed by atoms with van der Waals surface area (Å²) in [6.45, 7) is 2.13. The van der Waals surface area contributed by atoms with Gasteiger partial charge < -0.3 is 24.8 Å². The number of piperidine rings is 1. The SMILES string of the molecule is COc1cc(OC)c(CNC(=O)c2cn(C3CCNCC3)nn2)c(OC)c1. The number of hydrogen-bond acceptors (Lipinski definition) is 7. The molecule has 9 heteroatoms. The fourth-order valence-corrected chi connectivity index (χ4v) is 3.14. The number of hydrogen-bond donors (Lipinski definition) is 2. The molecule has 0 atom stereocenters. The lowest BCUT2D eigenvalue weighted by molar-refractivity contribution is 0.0945. The molecule has 2 N–H and O–H groups in total. The summed E-state index contributed by atoms with van der Waals surface area (Å²) in [5, 5.41) is 14.3. The molecule has 27 heavy (non-hydrogen) atoms. The zero-order valence-corrected chi connectivity index (χ0v) is 15.8. The fourth-order valence-electron chi connectivity index (χ4n) is 3.14. The van der Waals surface area contributed by atoms with Gasteiger partial charge in [0.15, 0.2) is 5.69 Å². The first-order valence-electron chi connectivity index (χ1n) is 8.86. The van der Waals surface area contributed by atoms with Crippen molar-refractivity contribution in [3.63, 3.8) is 0 Å². The van der Waals surface area contributed by atoms with Crippen LogP contribution in [-0.2, 0) is 6.54 Å². The van der Waals surface area contributed by atoms with Gasteiger partial charge in [0, 0.05) is 12.1 Å². The van der Waals surface area contributed by atoms with Gasteiger partial charge in [0.25, 0.3) is 5.91 Å². The van der Waals surface area contributed by atoms with Crippen molar-refractivity contribution in [3.8, 4) is 17.2 Å². The Hall–Kier alpha value is -2.81. The van der Waals surface area contributed by atoms with E-state index < -0.39 is 0 Å². The molecule has 0 radical (unpaired) electrons. The van der Waals surface area contributed by atoms with Crippen LogP contribution < -0.4 is 24.8 Å². The van der Waals surface area contributed by atoms with E-state index in [4.69, 9.17) is 14.2 Å². The highest BCUT2D eigenvalue weighted by atomic mass is 16.5. The lowest BCUT2D eigenvalue weighted by Crippen LogP contribution is -2.29. The van der Waals surface area contributed by atoms with E-state index in [0.29, 0.717) is 22.9 Å². The zero-order valence-electron chi connectivity index (χ0n) is 15.8. The van der Waals surface area contributed by atoms with Crippen LogP contribution >= 0.6 is 0 Å². The molecule has 0 saturated carbocycles. The maximum atomic E-state index is 12.5. The van der Waals surface area contributed by atoms with Crippen LogP contribution in [0.5, 0.6) is 17.2 Å². The lowest BCUT2D eigenvalue weighted by Gasteiger charge is -2.22. The van der Waals surface area contributed by atoms with Crippen LogP contribution in [-0.4, -0.2) is 55.3 Å². The second-order valence-electron chi connectivity index (χ2n) is 6.26. The molecule has 1 amide bonds. The molecule has 1 aromatic carbocycles. The molecule has 0 bridgehead atoms. The number of ether oxygens (including phenoxy) is 3. The summed E-state index contributed by atoms with van der Waals surface area (Å²) >= 11 is 0. The maximum Gasteiger partial charge on any atom is 0.273 e. The van der Waals surface area contributed by atoms with Crippen molar-refractivity contribution >= 4 is 5.91 Å². The van der Waals surface area contributed by atoms with Gasteiger partial charge in [-0.1, -0.05) is 5.21 Å². The number of aromatic nitrogens is 3. The van der Waals surface area contributed by atoms with Gasteiger partial charge in [-0.15, -0.1) is 5.10 Å². The second kappa shape index (κ2) is 8.72. The quantitative estimate of drug-likeness (QED) is 0.749. The first kappa shape index (κ1) is 19.0. The summed E-state index contributed by atoms with van der Waals surface area (Å²) in [6.07, 6.45) is 3.66. The van der Waals surface area contributed by atoms with E-state index in [1.807, 2.05) is 0 Å². The Labute approximate surface area is 158 Å². The van der Waals surface area contributed by atoms with Gasteiger partial charge >= 0.3 is 0 Å². The van der Waals surface area contributed by atoms with Crippen LogP contribution in [0.4, 0.5) is 0 Å². The Balaban J connectivity index is 1.69. The van der Waals surface area contributed by atoms with Gasteiger partial charge in [-0.05, 0) is 25.9 Å². The predicted octanol–water partition coefficient (Wildman–Crippen LogP) is 1.16. The monoisotopic (exact) mass is 375 g/mol. The Kier molecular flexibility index (Phi) is 6.12. The van der Waals surface area contributed by atoms with Crippen molar-refractivity contribution in [2.45, 2.75) is 25.4 Å². The van der Waals surface area contributed by atoms with E-state index in [1.54, 1.807) is 44.3 Å². The number of nitrogens with one attached hydrogen (secondary N) is 2. The molecule has 0 spiro atoms. The first-order valence-corrected chi connectivity index (χ1v) is 8.86.